The molecule has 0 aromatic heterocycles. The van der Waals surface area contributed by atoms with Crippen LogP contribution in [0.1, 0.15) is 40.5 Å². The molecule has 0 radical (unpaired) electrons. The normalized spacial score (nSPS) is 35.0. The minimum atomic E-state index is -1.11. The van der Waals surface area contributed by atoms with Crippen molar-refractivity contribution >= 4 is 0 Å². The zero-order valence-electron chi connectivity index (χ0n) is 12.1. The van der Waals surface area contributed by atoms with Crippen LogP contribution >= 0.6 is 0 Å². The lowest BCUT2D eigenvalue weighted by atomic mass is 9.85. The summed E-state index contributed by atoms with van der Waals surface area (Å²) in [5, 5.41) is 10.2. The van der Waals surface area contributed by atoms with Gasteiger partial charge < -0.3 is 24.1 Å². The van der Waals surface area contributed by atoms with Crippen LogP contribution in [0.2, 0.25) is 0 Å². The summed E-state index contributed by atoms with van der Waals surface area (Å²) < 4.78 is 21.7. The van der Waals surface area contributed by atoms with Crippen molar-refractivity contribution in [2.75, 3.05) is 27.1 Å². The molecule has 0 saturated carbocycles. The van der Waals surface area contributed by atoms with E-state index in [1.165, 1.54) is 0 Å². The van der Waals surface area contributed by atoms with E-state index in [4.69, 9.17) is 18.9 Å². The van der Waals surface area contributed by atoms with Gasteiger partial charge in [-0.2, -0.15) is 0 Å². The van der Waals surface area contributed by atoms with Gasteiger partial charge in [-0.15, -0.1) is 0 Å². The zero-order chi connectivity index (χ0) is 13.9. The first-order chi connectivity index (χ1) is 8.29. The number of methoxy groups -OCH3 is 1. The van der Waals surface area contributed by atoms with Crippen molar-refractivity contribution in [2.45, 2.75) is 57.5 Å². The summed E-state index contributed by atoms with van der Waals surface area (Å²) in [6.07, 6.45) is 0.983. The summed E-state index contributed by atoms with van der Waals surface area (Å²) in [6, 6.07) is 0. The summed E-state index contributed by atoms with van der Waals surface area (Å²) in [4.78, 5) is 0. The lowest BCUT2D eigenvalue weighted by molar-refractivity contribution is -0.231. The van der Waals surface area contributed by atoms with Crippen LogP contribution in [0.4, 0.5) is 0 Å². The van der Waals surface area contributed by atoms with Gasteiger partial charge in [0.1, 0.15) is 12.4 Å². The molecular weight excluding hydrogens is 236 g/mol. The maximum Gasteiger partial charge on any atom is 0.168 e. The van der Waals surface area contributed by atoms with E-state index in [2.05, 4.69) is 0 Å². The van der Waals surface area contributed by atoms with Crippen LogP contribution in [-0.2, 0) is 18.9 Å². The lowest BCUT2D eigenvalue weighted by Gasteiger charge is -2.35. The summed E-state index contributed by atoms with van der Waals surface area (Å²) in [5.74, 6) is -1.11. The molecule has 1 fully saturated rings. The van der Waals surface area contributed by atoms with Crippen molar-refractivity contribution in [3.05, 3.63) is 0 Å². The average Bonchev–Trinajstić information content (AvgIpc) is 2.45. The van der Waals surface area contributed by atoms with Gasteiger partial charge >= 0.3 is 0 Å². The van der Waals surface area contributed by atoms with Crippen LogP contribution in [0.25, 0.3) is 0 Å². The van der Waals surface area contributed by atoms with Crippen LogP contribution < -0.4 is 0 Å². The molecule has 5 nitrogen and oxygen atoms in total. The summed E-state index contributed by atoms with van der Waals surface area (Å²) in [5.41, 5.74) is -1.12. The highest BCUT2D eigenvalue weighted by molar-refractivity contribution is 5.03. The van der Waals surface area contributed by atoms with Crippen molar-refractivity contribution in [1.29, 1.82) is 0 Å². The van der Waals surface area contributed by atoms with Gasteiger partial charge in [-0.1, -0.05) is 6.92 Å². The molecule has 1 rings (SSSR count). The van der Waals surface area contributed by atoms with Crippen LogP contribution in [0.5, 0.6) is 0 Å². The van der Waals surface area contributed by atoms with Crippen molar-refractivity contribution in [1.82, 2.24) is 0 Å². The number of ether oxygens (including phenoxy) is 4. The quantitative estimate of drug-likeness (QED) is 0.559. The summed E-state index contributed by atoms with van der Waals surface area (Å²) in [6.45, 7) is 8.90. The maximum absolute atomic E-state index is 10.2. The summed E-state index contributed by atoms with van der Waals surface area (Å²) >= 11 is 0. The van der Waals surface area contributed by atoms with Crippen molar-refractivity contribution in [3.8, 4) is 0 Å². The minimum absolute atomic E-state index is 0.173. The Morgan fingerprint density at radius 3 is 2.39 bits per heavy atom. The van der Waals surface area contributed by atoms with Gasteiger partial charge in [-0.25, -0.2) is 0 Å². The second-order valence-electron chi connectivity index (χ2n) is 5.48. The second kappa shape index (κ2) is 5.84. The van der Waals surface area contributed by atoms with E-state index in [-0.39, 0.29) is 6.79 Å². The Balaban J connectivity index is 2.51. The third kappa shape index (κ3) is 3.42. The van der Waals surface area contributed by atoms with Gasteiger partial charge in [0.2, 0.25) is 0 Å². The van der Waals surface area contributed by atoms with E-state index in [1.807, 2.05) is 27.7 Å². The lowest BCUT2D eigenvalue weighted by Crippen LogP contribution is -2.46. The van der Waals surface area contributed by atoms with Crippen molar-refractivity contribution in [3.63, 3.8) is 0 Å². The van der Waals surface area contributed by atoms with Gasteiger partial charge in [0.05, 0.1) is 18.8 Å². The van der Waals surface area contributed by atoms with E-state index in [0.29, 0.717) is 26.1 Å². The molecule has 0 aromatic carbocycles. The first kappa shape index (κ1) is 15.9. The van der Waals surface area contributed by atoms with E-state index in [9.17, 15) is 5.11 Å². The Morgan fingerprint density at radius 2 is 1.89 bits per heavy atom. The van der Waals surface area contributed by atoms with Gasteiger partial charge in [-0.3, -0.25) is 0 Å². The van der Waals surface area contributed by atoms with Crippen LogP contribution in [-0.4, -0.2) is 49.2 Å². The fourth-order valence-electron chi connectivity index (χ4n) is 2.15. The fraction of sp³-hybridized carbons (Fsp3) is 1.00. The molecule has 0 aromatic rings. The average molecular weight is 262 g/mol. The van der Waals surface area contributed by atoms with Crippen LogP contribution in [0.3, 0.4) is 0 Å². The van der Waals surface area contributed by atoms with E-state index in [1.54, 1.807) is 7.11 Å². The Hall–Kier alpha value is -0.200. The number of aliphatic hydroxyl groups is 1. The zero-order valence-corrected chi connectivity index (χ0v) is 12.1. The molecule has 1 aliphatic heterocycles. The fourth-order valence-corrected chi connectivity index (χ4v) is 2.15. The molecular formula is C13H26O5. The largest absolute Gasteiger partial charge is 0.382 e. The third-order valence-corrected chi connectivity index (χ3v) is 3.78. The molecule has 1 heterocycles. The predicted octanol–water partition coefficient (Wildman–Crippen LogP) is 1.68. The standard InChI is InChI=1S/C13H26O5/c1-6-13(14)9-12(4,11(2,3)18-13)17-10-16-8-7-15-5/h14H,6-10H2,1-5H3. The second-order valence-corrected chi connectivity index (χ2v) is 5.48. The topological polar surface area (TPSA) is 57.2 Å². The predicted molar refractivity (Wildman–Crippen MR) is 67.2 cm³/mol. The maximum atomic E-state index is 10.2. The van der Waals surface area contributed by atoms with Gasteiger partial charge in [-0.05, 0) is 27.2 Å². The number of hydrogen-bond donors (Lipinski definition) is 1. The SMILES string of the molecule is CCC1(O)CC(C)(OCOCCOC)C(C)(C)O1. The van der Waals surface area contributed by atoms with E-state index in [0.717, 1.165) is 0 Å². The van der Waals surface area contributed by atoms with E-state index >= 15 is 0 Å². The molecule has 1 aliphatic rings. The first-order valence-electron chi connectivity index (χ1n) is 6.42. The molecule has 0 bridgehead atoms. The highest BCUT2D eigenvalue weighted by atomic mass is 16.7. The van der Waals surface area contributed by atoms with Gasteiger partial charge in [0.15, 0.2) is 5.79 Å². The van der Waals surface area contributed by atoms with Crippen LogP contribution in [0, 0.1) is 0 Å². The number of hydrogen-bond acceptors (Lipinski definition) is 5. The Labute approximate surface area is 109 Å². The van der Waals surface area contributed by atoms with Gasteiger partial charge in [0, 0.05) is 13.5 Å². The van der Waals surface area contributed by atoms with Crippen molar-refractivity contribution < 1.29 is 24.1 Å². The highest BCUT2D eigenvalue weighted by Gasteiger charge is 2.58. The van der Waals surface area contributed by atoms with Crippen LogP contribution in [0.15, 0.2) is 0 Å². The van der Waals surface area contributed by atoms with E-state index < -0.39 is 17.0 Å². The molecule has 1 N–H and O–H groups in total. The third-order valence-electron chi connectivity index (χ3n) is 3.78. The minimum Gasteiger partial charge on any atom is -0.382 e. The Morgan fingerprint density at radius 1 is 1.22 bits per heavy atom. The smallest absolute Gasteiger partial charge is 0.168 e. The Bertz CT molecular complexity index is 268. The molecule has 2 atom stereocenters. The molecule has 0 aliphatic carbocycles. The van der Waals surface area contributed by atoms with Crippen molar-refractivity contribution in [2.24, 2.45) is 0 Å². The molecule has 0 spiro atoms. The first-order valence-corrected chi connectivity index (χ1v) is 6.42. The van der Waals surface area contributed by atoms with Gasteiger partial charge in [0.25, 0.3) is 0 Å². The highest BCUT2D eigenvalue weighted by Crippen LogP contribution is 2.47. The summed E-state index contributed by atoms with van der Waals surface area (Å²) in [7, 11) is 1.63. The molecule has 0 amide bonds. The molecule has 1 saturated heterocycles. The molecule has 108 valence electrons. The monoisotopic (exact) mass is 262 g/mol. The molecule has 18 heavy (non-hydrogen) atoms. The Kier molecular flexibility index (Phi) is 5.14. The molecule has 2 unspecified atom stereocenters. The number of rotatable bonds is 7. The molecule has 5 heteroatoms.